The third-order valence-corrected chi connectivity index (χ3v) is 3.10. The van der Waals surface area contributed by atoms with Crippen LogP contribution in [0.2, 0.25) is 0 Å². The van der Waals surface area contributed by atoms with E-state index in [9.17, 15) is 0 Å². The van der Waals surface area contributed by atoms with E-state index in [1.807, 2.05) is 7.05 Å². The molecule has 0 bridgehead atoms. The Labute approximate surface area is 103 Å². The van der Waals surface area contributed by atoms with Gasteiger partial charge in [0.2, 0.25) is 0 Å². The fraction of sp³-hybridized carbons (Fsp3) is 0.400. The Hall–Kier alpha value is -1.41. The Morgan fingerprint density at radius 2 is 2.00 bits per heavy atom. The molecule has 0 saturated carbocycles. The van der Waals surface area contributed by atoms with Crippen molar-refractivity contribution < 1.29 is 0 Å². The Morgan fingerprint density at radius 3 is 2.76 bits per heavy atom. The van der Waals surface area contributed by atoms with Crippen LogP contribution < -0.4 is 5.32 Å². The van der Waals surface area contributed by atoms with Crippen molar-refractivity contribution >= 4 is 10.9 Å². The molecule has 0 aliphatic carbocycles. The fourth-order valence-corrected chi connectivity index (χ4v) is 2.24. The minimum Gasteiger partial charge on any atom is -0.320 e. The number of rotatable bonds is 4. The summed E-state index contributed by atoms with van der Waals surface area (Å²) in [5.41, 5.74) is 4.92. The van der Waals surface area contributed by atoms with E-state index in [1.165, 1.54) is 22.9 Å². The molecule has 0 saturated heterocycles. The Kier molecular flexibility index (Phi) is 3.75. The molecule has 2 rings (SSSR count). The molecule has 2 nitrogen and oxygen atoms in total. The molecular weight excluding hydrogens is 208 g/mol. The first-order valence-corrected chi connectivity index (χ1v) is 6.22. The SMILES string of the molecule is CNCCCc1ccc2c(C)cc(C)nc2c1. The van der Waals surface area contributed by atoms with E-state index in [-0.39, 0.29) is 0 Å². The molecule has 0 amide bonds. The van der Waals surface area contributed by atoms with Crippen molar-refractivity contribution in [2.75, 3.05) is 13.6 Å². The van der Waals surface area contributed by atoms with Crippen LogP contribution in [-0.2, 0) is 6.42 Å². The van der Waals surface area contributed by atoms with Crippen LogP contribution in [0, 0.1) is 13.8 Å². The first kappa shape index (κ1) is 12.1. The average molecular weight is 228 g/mol. The Bertz CT molecular complexity index is 518. The van der Waals surface area contributed by atoms with Gasteiger partial charge in [0, 0.05) is 11.1 Å². The van der Waals surface area contributed by atoms with Crippen molar-refractivity contribution in [1.29, 1.82) is 0 Å². The van der Waals surface area contributed by atoms with Crippen molar-refractivity contribution in [3.63, 3.8) is 0 Å². The van der Waals surface area contributed by atoms with E-state index in [1.54, 1.807) is 0 Å². The zero-order valence-corrected chi connectivity index (χ0v) is 10.9. The van der Waals surface area contributed by atoms with Gasteiger partial charge in [-0.05, 0) is 63.5 Å². The van der Waals surface area contributed by atoms with Gasteiger partial charge in [0.05, 0.1) is 5.52 Å². The summed E-state index contributed by atoms with van der Waals surface area (Å²) in [7, 11) is 1.99. The number of hydrogen-bond acceptors (Lipinski definition) is 2. The molecular formula is C15H20N2. The predicted molar refractivity (Wildman–Crippen MR) is 73.5 cm³/mol. The van der Waals surface area contributed by atoms with Crippen LogP contribution in [0.4, 0.5) is 0 Å². The number of hydrogen-bond donors (Lipinski definition) is 1. The summed E-state index contributed by atoms with van der Waals surface area (Å²) < 4.78 is 0. The van der Waals surface area contributed by atoms with Gasteiger partial charge in [0.25, 0.3) is 0 Å². The quantitative estimate of drug-likeness (QED) is 0.814. The van der Waals surface area contributed by atoms with Crippen LogP contribution >= 0.6 is 0 Å². The van der Waals surface area contributed by atoms with Gasteiger partial charge >= 0.3 is 0 Å². The molecule has 0 atom stereocenters. The maximum absolute atomic E-state index is 4.61. The molecule has 1 aromatic heterocycles. The summed E-state index contributed by atoms with van der Waals surface area (Å²) in [5.74, 6) is 0. The van der Waals surface area contributed by atoms with Crippen LogP contribution in [-0.4, -0.2) is 18.6 Å². The number of aryl methyl sites for hydroxylation is 3. The number of aromatic nitrogens is 1. The lowest BCUT2D eigenvalue weighted by atomic mass is 10.0. The summed E-state index contributed by atoms with van der Waals surface area (Å²) in [6.45, 7) is 5.27. The lowest BCUT2D eigenvalue weighted by Crippen LogP contribution is -2.08. The Balaban J connectivity index is 2.30. The van der Waals surface area contributed by atoms with Gasteiger partial charge in [0.15, 0.2) is 0 Å². The van der Waals surface area contributed by atoms with Gasteiger partial charge in [-0.15, -0.1) is 0 Å². The number of nitrogens with one attached hydrogen (secondary N) is 1. The second kappa shape index (κ2) is 5.28. The third-order valence-electron chi connectivity index (χ3n) is 3.10. The molecule has 1 heterocycles. The summed E-state index contributed by atoms with van der Waals surface area (Å²) in [4.78, 5) is 4.61. The van der Waals surface area contributed by atoms with E-state index < -0.39 is 0 Å². The van der Waals surface area contributed by atoms with Gasteiger partial charge in [0.1, 0.15) is 0 Å². The predicted octanol–water partition coefficient (Wildman–Crippen LogP) is 3.00. The summed E-state index contributed by atoms with van der Waals surface area (Å²) in [6.07, 6.45) is 2.29. The number of pyridine rings is 1. The minimum absolute atomic E-state index is 1.07. The van der Waals surface area contributed by atoms with Crippen molar-refractivity contribution in [2.24, 2.45) is 0 Å². The average Bonchev–Trinajstić information content (AvgIpc) is 2.28. The summed E-state index contributed by atoms with van der Waals surface area (Å²) >= 11 is 0. The van der Waals surface area contributed by atoms with E-state index >= 15 is 0 Å². The van der Waals surface area contributed by atoms with Crippen molar-refractivity contribution in [1.82, 2.24) is 10.3 Å². The largest absolute Gasteiger partial charge is 0.320 e. The van der Waals surface area contributed by atoms with E-state index in [4.69, 9.17) is 0 Å². The lowest BCUT2D eigenvalue weighted by molar-refractivity contribution is 0.725. The lowest BCUT2D eigenvalue weighted by Gasteiger charge is -2.06. The van der Waals surface area contributed by atoms with Crippen molar-refractivity contribution in [2.45, 2.75) is 26.7 Å². The highest BCUT2D eigenvalue weighted by atomic mass is 14.8. The second-order valence-corrected chi connectivity index (χ2v) is 4.64. The number of benzene rings is 1. The normalized spacial score (nSPS) is 11.0. The fourth-order valence-electron chi connectivity index (χ4n) is 2.24. The van der Waals surface area contributed by atoms with E-state index in [0.717, 1.165) is 24.2 Å². The van der Waals surface area contributed by atoms with Crippen LogP contribution in [0.5, 0.6) is 0 Å². The molecule has 0 aliphatic heterocycles. The molecule has 0 fully saturated rings. The highest BCUT2D eigenvalue weighted by Crippen LogP contribution is 2.19. The first-order valence-electron chi connectivity index (χ1n) is 6.22. The molecule has 0 aliphatic rings. The van der Waals surface area contributed by atoms with Crippen LogP contribution in [0.3, 0.4) is 0 Å². The minimum atomic E-state index is 1.07. The standard InChI is InChI=1S/C15H20N2/c1-11-9-12(2)17-15-10-13(5-4-8-16-3)6-7-14(11)15/h6-7,9-10,16H,4-5,8H2,1-3H3. The number of nitrogens with zero attached hydrogens (tertiary/aromatic N) is 1. The van der Waals surface area contributed by atoms with Gasteiger partial charge in [-0.25, -0.2) is 0 Å². The highest BCUT2D eigenvalue weighted by Gasteiger charge is 2.02. The van der Waals surface area contributed by atoms with E-state index in [2.05, 4.69) is 48.4 Å². The first-order chi connectivity index (χ1) is 8.20. The molecule has 0 spiro atoms. The molecule has 1 aromatic carbocycles. The van der Waals surface area contributed by atoms with Gasteiger partial charge < -0.3 is 5.32 Å². The van der Waals surface area contributed by atoms with Crippen molar-refractivity contribution in [3.05, 3.63) is 41.1 Å². The summed E-state index contributed by atoms with van der Waals surface area (Å²) in [5, 5.41) is 4.45. The molecule has 90 valence electrons. The molecule has 17 heavy (non-hydrogen) atoms. The zero-order valence-electron chi connectivity index (χ0n) is 10.9. The van der Waals surface area contributed by atoms with Crippen molar-refractivity contribution in [3.8, 4) is 0 Å². The molecule has 2 aromatic rings. The van der Waals surface area contributed by atoms with Gasteiger partial charge in [-0.3, -0.25) is 4.98 Å². The van der Waals surface area contributed by atoms with Gasteiger partial charge in [-0.1, -0.05) is 12.1 Å². The highest BCUT2D eigenvalue weighted by molar-refractivity contribution is 5.82. The molecule has 0 unspecified atom stereocenters. The number of fused-ring (bicyclic) bond motifs is 1. The summed E-state index contributed by atoms with van der Waals surface area (Å²) in [6, 6.07) is 8.79. The topological polar surface area (TPSA) is 24.9 Å². The molecule has 1 N–H and O–H groups in total. The Morgan fingerprint density at radius 1 is 1.18 bits per heavy atom. The monoisotopic (exact) mass is 228 g/mol. The second-order valence-electron chi connectivity index (χ2n) is 4.64. The molecule has 2 heteroatoms. The zero-order chi connectivity index (χ0) is 12.3. The maximum atomic E-state index is 4.61. The third kappa shape index (κ3) is 2.83. The maximum Gasteiger partial charge on any atom is 0.0710 e. The molecule has 0 radical (unpaired) electrons. The smallest absolute Gasteiger partial charge is 0.0710 e. The van der Waals surface area contributed by atoms with Gasteiger partial charge in [-0.2, -0.15) is 0 Å². The van der Waals surface area contributed by atoms with E-state index in [0.29, 0.717) is 0 Å². The van der Waals surface area contributed by atoms with Crippen LogP contribution in [0.25, 0.3) is 10.9 Å². The van der Waals surface area contributed by atoms with Crippen LogP contribution in [0.1, 0.15) is 23.2 Å². The van der Waals surface area contributed by atoms with Crippen LogP contribution in [0.15, 0.2) is 24.3 Å².